The van der Waals surface area contributed by atoms with Gasteiger partial charge in [-0.15, -0.1) is 0 Å². The number of hydrogen-bond acceptors (Lipinski definition) is 4. The Hall–Kier alpha value is -4.23. The minimum absolute atomic E-state index is 0.0257. The van der Waals surface area contributed by atoms with Crippen LogP contribution in [0.15, 0.2) is 85.1 Å². The molecular formula is C34H37N5O2. The Labute approximate surface area is 241 Å². The number of nitrogens with zero attached hydrogens (tertiary/aromatic N) is 4. The first-order valence-electron chi connectivity index (χ1n) is 14.4. The monoisotopic (exact) mass is 547 g/mol. The number of carbonyl (C=O) groups is 1. The third-order valence-corrected chi connectivity index (χ3v) is 8.56. The summed E-state index contributed by atoms with van der Waals surface area (Å²) >= 11 is 0. The number of hydrogen-bond donors (Lipinski definition) is 1. The van der Waals surface area contributed by atoms with Crippen molar-refractivity contribution < 1.29 is 9.53 Å². The molecule has 41 heavy (non-hydrogen) atoms. The maximum atomic E-state index is 13.7. The van der Waals surface area contributed by atoms with Crippen molar-refractivity contribution in [2.24, 2.45) is 13.0 Å². The summed E-state index contributed by atoms with van der Waals surface area (Å²) in [4.78, 5) is 13.7. The number of fused-ring (bicyclic) bond motifs is 1. The molecule has 0 unspecified atom stereocenters. The van der Waals surface area contributed by atoms with E-state index in [0.29, 0.717) is 11.8 Å². The molecule has 3 aromatic carbocycles. The van der Waals surface area contributed by atoms with Crippen LogP contribution in [0.3, 0.4) is 0 Å². The van der Waals surface area contributed by atoms with Crippen LogP contribution in [0.2, 0.25) is 0 Å². The zero-order chi connectivity index (χ0) is 28.3. The molecule has 2 aromatic heterocycles. The van der Waals surface area contributed by atoms with Crippen LogP contribution in [0.25, 0.3) is 27.8 Å². The summed E-state index contributed by atoms with van der Waals surface area (Å²) in [6, 6.07) is 27.0. The van der Waals surface area contributed by atoms with Gasteiger partial charge in [0.15, 0.2) is 0 Å². The van der Waals surface area contributed by atoms with Gasteiger partial charge in [0, 0.05) is 43.7 Å². The number of ether oxygens (including phenoxy) is 1. The van der Waals surface area contributed by atoms with Crippen molar-refractivity contribution in [1.82, 2.24) is 24.9 Å². The van der Waals surface area contributed by atoms with E-state index < -0.39 is 0 Å². The van der Waals surface area contributed by atoms with Crippen molar-refractivity contribution in [3.63, 3.8) is 0 Å². The van der Waals surface area contributed by atoms with Crippen molar-refractivity contribution in [2.45, 2.75) is 44.6 Å². The van der Waals surface area contributed by atoms with Gasteiger partial charge in [0.05, 0.1) is 35.2 Å². The second kappa shape index (κ2) is 11.7. The minimum atomic E-state index is 0.0257. The normalized spacial score (nSPS) is 18.7. The summed E-state index contributed by atoms with van der Waals surface area (Å²) < 4.78 is 9.17. The average molecular weight is 548 g/mol. The Bertz CT molecular complexity index is 1640. The predicted octanol–water partition coefficient (Wildman–Crippen LogP) is 5.99. The maximum absolute atomic E-state index is 13.7. The fourth-order valence-electron chi connectivity index (χ4n) is 6.41. The molecule has 0 aliphatic heterocycles. The number of carbonyl (C=O) groups excluding carboxylic acids is 1. The van der Waals surface area contributed by atoms with E-state index in [1.165, 1.54) is 5.56 Å². The fraction of sp³-hybridized carbons (Fsp3) is 0.324. The van der Waals surface area contributed by atoms with E-state index >= 15 is 0 Å². The smallest absolute Gasteiger partial charge is 0.226 e. The van der Waals surface area contributed by atoms with Gasteiger partial charge >= 0.3 is 0 Å². The Morgan fingerprint density at radius 2 is 1.78 bits per heavy atom. The summed E-state index contributed by atoms with van der Waals surface area (Å²) in [6.07, 6.45) is 5.16. The number of aryl methyl sites for hydroxylation is 1. The number of amides is 1. The molecule has 1 aliphatic carbocycles. The molecule has 3 atom stereocenters. The Morgan fingerprint density at radius 1 is 1.02 bits per heavy atom. The third-order valence-electron chi connectivity index (χ3n) is 8.56. The SMILES string of the molecule is COCC[C@@H]1C[C@@H](NC(=O)Cc2c(C)c(-c3ccc4c(cnn4C)c3)nn2-c2ccccc2)[C@H](c2ccccc2)C1. The van der Waals surface area contributed by atoms with Gasteiger partial charge in [-0.25, -0.2) is 4.68 Å². The van der Waals surface area contributed by atoms with E-state index in [9.17, 15) is 4.79 Å². The molecule has 7 nitrogen and oxygen atoms in total. The molecule has 0 spiro atoms. The third kappa shape index (κ3) is 5.55. The maximum Gasteiger partial charge on any atom is 0.226 e. The molecule has 210 valence electrons. The van der Waals surface area contributed by atoms with Crippen LogP contribution in [0.5, 0.6) is 0 Å². The standard InChI is InChI=1S/C34H37N5O2/c1-23-32(21-33(40)36-30-19-24(16-17-41-3)18-29(30)25-10-6-4-7-11-25)39(28-12-8-5-9-13-28)37-34(23)26-14-15-31-27(20-26)22-35-38(31)2/h4-15,20,22,24,29-30H,16-19,21H2,1-3H3,(H,36,40)/t24-,29-,30+/m0/s1. The molecule has 7 heteroatoms. The van der Waals surface area contributed by atoms with Crippen LogP contribution in [-0.2, 0) is 23.0 Å². The topological polar surface area (TPSA) is 74.0 Å². The summed E-state index contributed by atoms with van der Waals surface area (Å²) in [6.45, 7) is 2.82. The Balaban J connectivity index is 1.30. The van der Waals surface area contributed by atoms with Gasteiger partial charge < -0.3 is 10.1 Å². The number of para-hydroxylation sites is 1. The van der Waals surface area contributed by atoms with Gasteiger partial charge in [0.25, 0.3) is 0 Å². The zero-order valence-electron chi connectivity index (χ0n) is 24.0. The van der Waals surface area contributed by atoms with Crippen LogP contribution in [0.4, 0.5) is 0 Å². The van der Waals surface area contributed by atoms with Gasteiger partial charge in [0.1, 0.15) is 0 Å². The van der Waals surface area contributed by atoms with Crippen molar-refractivity contribution in [3.05, 3.63) is 102 Å². The first-order chi connectivity index (χ1) is 20.0. The molecule has 1 amide bonds. The van der Waals surface area contributed by atoms with Crippen LogP contribution in [-0.4, -0.2) is 45.2 Å². The van der Waals surface area contributed by atoms with Crippen molar-refractivity contribution in [2.75, 3.05) is 13.7 Å². The quantitative estimate of drug-likeness (QED) is 0.246. The zero-order valence-corrected chi connectivity index (χ0v) is 24.0. The second-order valence-corrected chi connectivity index (χ2v) is 11.2. The lowest BCUT2D eigenvalue weighted by Gasteiger charge is -2.21. The highest BCUT2D eigenvalue weighted by molar-refractivity contribution is 5.85. The van der Waals surface area contributed by atoms with Gasteiger partial charge in [-0.2, -0.15) is 10.2 Å². The molecule has 5 aromatic rings. The van der Waals surface area contributed by atoms with E-state index in [1.807, 2.05) is 59.0 Å². The molecule has 6 rings (SSSR count). The van der Waals surface area contributed by atoms with Crippen LogP contribution in [0, 0.1) is 12.8 Å². The van der Waals surface area contributed by atoms with E-state index in [4.69, 9.17) is 9.84 Å². The summed E-state index contributed by atoms with van der Waals surface area (Å²) in [5, 5.41) is 13.9. The summed E-state index contributed by atoms with van der Waals surface area (Å²) in [5.41, 5.74) is 7.11. The number of methoxy groups -OCH3 is 1. The van der Waals surface area contributed by atoms with Crippen LogP contribution in [0.1, 0.15) is 42.0 Å². The highest BCUT2D eigenvalue weighted by Crippen LogP contribution is 2.40. The predicted molar refractivity (Wildman–Crippen MR) is 162 cm³/mol. The molecular weight excluding hydrogens is 510 g/mol. The molecule has 1 aliphatic rings. The largest absolute Gasteiger partial charge is 0.385 e. The van der Waals surface area contributed by atoms with E-state index in [2.05, 4.69) is 59.8 Å². The van der Waals surface area contributed by atoms with E-state index in [-0.39, 0.29) is 18.4 Å². The second-order valence-electron chi connectivity index (χ2n) is 11.2. The van der Waals surface area contributed by atoms with Crippen LogP contribution < -0.4 is 5.32 Å². The summed E-state index contributed by atoms with van der Waals surface area (Å²) in [7, 11) is 3.70. The number of nitrogens with one attached hydrogen (secondary N) is 1. The van der Waals surface area contributed by atoms with E-state index in [0.717, 1.165) is 65.0 Å². The molecule has 0 radical (unpaired) electrons. The molecule has 1 N–H and O–H groups in total. The van der Waals surface area contributed by atoms with Crippen molar-refractivity contribution in [1.29, 1.82) is 0 Å². The average Bonchev–Trinajstić information content (AvgIpc) is 3.68. The molecule has 0 bridgehead atoms. The number of aromatic nitrogens is 4. The lowest BCUT2D eigenvalue weighted by atomic mass is 9.93. The molecule has 2 heterocycles. The minimum Gasteiger partial charge on any atom is -0.385 e. The lowest BCUT2D eigenvalue weighted by molar-refractivity contribution is -0.121. The molecule has 1 saturated carbocycles. The van der Waals surface area contributed by atoms with Gasteiger partial charge in [0.2, 0.25) is 5.91 Å². The van der Waals surface area contributed by atoms with Gasteiger partial charge in [-0.05, 0) is 67.5 Å². The first-order valence-corrected chi connectivity index (χ1v) is 14.4. The highest BCUT2D eigenvalue weighted by Gasteiger charge is 2.36. The van der Waals surface area contributed by atoms with Crippen molar-refractivity contribution >= 4 is 16.8 Å². The molecule has 1 fully saturated rings. The van der Waals surface area contributed by atoms with Gasteiger partial charge in [-0.1, -0.05) is 54.6 Å². The lowest BCUT2D eigenvalue weighted by Crippen LogP contribution is -2.38. The van der Waals surface area contributed by atoms with E-state index in [1.54, 1.807) is 7.11 Å². The van der Waals surface area contributed by atoms with Crippen molar-refractivity contribution in [3.8, 4) is 16.9 Å². The Morgan fingerprint density at radius 3 is 2.54 bits per heavy atom. The Kier molecular flexibility index (Phi) is 7.70. The van der Waals surface area contributed by atoms with Gasteiger partial charge in [-0.3, -0.25) is 9.48 Å². The first kappa shape index (κ1) is 27.0. The fourth-order valence-corrected chi connectivity index (χ4v) is 6.41. The molecule has 0 saturated heterocycles. The summed E-state index contributed by atoms with van der Waals surface area (Å²) in [5.74, 6) is 0.845. The van der Waals surface area contributed by atoms with Crippen LogP contribution >= 0.6 is 0 Å². The highest BCUT2D eigenvalue weighted by atomic mass is 16.5. The number of rotatable bonds is 9. The number of benzene rings is 3.